The summed E-state index contributed by atoms with van der Waals surface area (Å²) in [7, 11) is 1.49. The van der Waals surface area contributed by atoms with E-state index in [1.165, 1.54) is 7.11 Å². The first kappa shape index (κ1) is 10.4. The maximum Gasteiger partial charge on any atom is 0.213 e. The van der Waals surface area contributed by atoms with Crippen molar-refractivity contribution in [3.05, 3.63) is 42.3 Å². The average Bonchev–Trinajstić information content (AvgIpc) is 2.31. The second-order valence-electron chi connectivity index (χ2n) is 3.33. The first-order valence-electron chi connectivity index (χ1n) is 4.76. The van der Waals surface area contributed by atoms with Crippen molar-refractivity contribution in [2.75, 3.05) is 12.8 Å². The van der Waals surface area contributed by atoms with Gasteiger partial charge in [-0.05, 0) is 17.7 Å². The van der Waals surface area contributed by atoms with Crippen LogP contribution in [-0.2, 0) is 0 Å². The minimum Gasteiger partial charge on any atom is -0.481 e. The molecule has 0 saturated heterocycles. The molecule has 0 aliphatic rings. The fourth-order valence-electron chi connectivity index (χ4n) is 1.42. The van der Waals surface area contributed by atoms with Gasteiger partial charge in [-0.2, -0.15) is 0 Å². The van der Waals surface area contributed by atoms with Gasteiger partial charge in [-0.3, -0.25) is 0 Å². The maximum atomic E-state index is 13.5. The molecule has 0 aliphatic heterocycles. The van der Waals surface area contributed by atoms with E-state index in [4.69, 9.17) is 10.5 Å². The summed E-state index contributed by atoms with van der Waals surface area (Å²) < 4.78 is 18.5. The number of nitrogens with zero attached hydrogens (tertiary/aromatic N) is 1. The number of nitrogen functional groups attached to an aromatic ring is 1. The van der Waals surface area contributed by atoms with Crippen LogP contribution in [0.4, 0.5) is 10.1 Å². The van der Waals surface area contributed by atoms with Crippen molar-refractivity contribution in [2.45, 2.75) is 0 Å². The molecule has 2 rings (SSSR count). The quantitative estimate of drug-likeness (QED) is 0.788. The van der Waals surface area contributed by atoms with E-state index in [0.29, 0.717) is 17.1 Å². The third-order valence-electron chi connectivity index (χ3n) is 2.26. The number of methoxy groups -OCH3 is 1. The average molecular weight is 218 g/mol. The minimum atomic E-state index is -0.384. The Hall–Kier alpha value is -2.10. The van der Waals surface area contributed by atoms with E-state index >= 15 is 0 Å². The van der Waals surface area contributed by atoms with Gasteiger partial charge in [-0.15, -0.1) is 0 Å². The molecule has 3 nitrogen and oxygen atoms in total. The predicted octanol–water partition coefficient (Wildman–Crippen LogP) is 2.48. The fourth-order valence-corrected chi connectivity index (χ4v) is 1.42. The Morgan fingerprint density at radius 3 is 2.56 bits per heavy atom. The van der Waals surface area contributed by atoms with Crippen LogP contribution in [0.2, 0.25) is 0 Å². The number of aromatic nitrogens is 1. The van der Waals surface area contributed by atoms with Crippen molar-refractivity contribution in [3.63, 3.8) is 0 Å². The van der Waals surface area contributed by atoms with Crippen LogP contribution in [0.1, 0.15) is 0 Å². The van der Waals surface area contributed by atoms with E-state index in [1.807, 2.05) is 0 Å². The Morgan fingerprint density at radius 2 is 1.94 bits per heavy atom. The van der Waals surface area contributed by atoms with Crippen LogP contribution >= 0.6 is 0 Å². The standard InChI is InChI=1S/C12H11FN2O/c1-16-12-6-10(11(13)7-15-12)8-2-4-9(14)5-3-8/h2-7H,14H2,1H3. The van der Waals surface area contributed by atoms with Crippen LogP contribution in [0.5, 0.6) is 5.88 Å². The molecule has 0 radical (unpaired) electrons. The summed E-state index contributed by atoms with van der Waals surface area (Å²) >= 11 is 0. The Balaban J connectivity index is 2.50. The molecule has 16 heavy (non-hydrogen) atoms. The fraction of sp³-hybridized carbons (Fsp3) is 0.0833. The molecule has 4 heteroatoms. The number of hydrogen-bond acceptors (Lipinski definition) is 3. The Kier molecular flexibility index (Phi) is 2.72. The molecule has 1 heterocycles. The molecule has 2 N–H and O–H groups in total. The van der Waals surface area contributed by atoms with Gasteiger partial charge in [0.2, 0.25) is 5.88 Å². The number of anilines is 1. The molecule has 0 bridgehead atoms. The molecule has 2 aromatic rings. The number of hydrogen-bond donors (Lipinski definition) is 1. The van der Waals surface area contributed by atoms with Gasteiger partial charge in [0, 0.05) is 17.3 Å². The number of halogens is 1. The summed E-state index contributed by atoms with van der Waals surface area (Å²) in [5.74, 6) is -0.00111. The summed E-state index contributed by atoms with van der Waals surface area (Å²) in [4.78, 5) is 3.78. The van der Waals surface area contributed by atoms with E-state index in [2.05, 4.69) is 4.98 Å². The van der Waals surface area contributed by atoms with E-state index < -0.39 is 0 Å². The molecule has 0 spiro atoms. The molecule has 0 amide bonds. The second kappa shape index (κ2) is 4.18. The van der Waals surface area contributed by atoms with Crippen molar-refractivity contribution in [2.24, 2.45) is 0 Å². The maximum absolute atomic E-state index is 13.5. The third kappa shape index (κ3) is 1.95. The van der Waals surface area contributed by atoms with Gasteiger partial charge >= 0.3 is 0 Å². The topological polar surface area (TPSA) is 48.1 Å². The lowest BCUT2D eigenvalue weighted by Crippen LogP contribution is -1.92. The highest BCUT2D eigenvalue weighted by Gasteiger charge is 2.07. The van der Waals surface area contributed by atoms with Crippen molar-refractivity contribution in [3.8, 4) is 17.0 Å². The lowest BCUT2D eigenvalue weighted by molar-refractivity contribution is 0.396. The number of nitrogens with two attached hydrogens (primary N) is 1. The zero-order valence-electron chi connectivity index (χ0n) is 8.77. The number of rotatable bonds is 2. The van der Waals surface area contributed by atoms with Crippen LogP contribution in [0.15, 0.2) is 36.5 Å². The van der Waals surface area contributed by atoms with Crippen molar-refractivity contribution in [1.29, 1.82) is 0 Å². The van der Waals surface area contributed by atoms with Gasteiger partial charge < -0.3 is 10.5 Å². The lowest BCUT2D eigenvalue weighted by atomic mass is 10.1. The van der Waals surface area contributed by atoms with Crippen LogP contribution in [0.3, 0.4) is 0 Å². The van der Waals surface area contributed by atoms with Crippen LogP contribution in [0, 0.1) is 5.82 Å². The number of benzene rings is 1. The molecule has 0 fully saturated rings. The summed E-state index contributed by atoms with van der Waals surface area (Å²) in [6, 6.07) is 8.52. The molecule has 0 atom stereocenters. The Bertz CT molecular complexity index is 497. The molecule has 0 saturated carbocycles. The van der Waals surface area contributed by atoms with Gasteiger partial charge in [-0.1, -0.05) is 12.1 Å². The van der Waals surface area contributed by atoms with Gasteiger partial charge in [0.15, 0.2) is 0 Å². The first-order valence-corrected chi connectivity index (χ1v) is 4.76. The van der Waals surface area contributed by atoms with E-state index in [9.17, 15) is 4.39 Å². The molecule has 1 aromatic carbocycles. The normalized spacial score (nSPS) is 10.1. The zero-order valence-corrected chi connectivity index (χ0v) is 8.77. The van der Waals surface area contributed by atoms with Gasteiger partial charge in [0.1, 0.15) is 5.82 Å². The number of ether oxygens (including phenoxy) is 1. The first-order chi connectivity index (χ1) is 7.70. The summed E-state index contributed by atoms with van der Waals surface area (Å²) in [5, 5.41) is 0. The summed E-state index contributed by atoms with van der Waals surface area (Å²) in [5.41, 5.74) is 7.41. The lowest BCUT2D eigenvalue weighted by Gasteiger charge is -2.05. The van der Waals surface area contributed by atoms with Crippen molar-refractivity contribution >= 4 is 5.69 Å². The molecule has 0 aliphatic carbocycles. The molecular formula is C12H11FN2O. The van der Waals surface area contributed by atoms with E-state index in [-0.39, 0.29) is 5.82 Å². The second-order valence-corrected chi connectivity index (χ2v) is 3.33. The van der Waals surface area contributed by atoms with E-state index in [0.717, 1.165) is 11.8 Å². The van der Waals surface area contributed by atoms with Crippen molar-refractivity contribution < 1.29 is 9.13 Å². The Labute approximate surface area is 92.7 Å². The number of pyridine rings is 1. The zero-order chi connectivity index (χ0) is 11.5. The van der Waals surface area contributed by atoms with Crippen LogP contribution < -0.4 is 10.5 Å². The van der Waals surface area contributed by atoms with Crippen LogP contribution in [-0.4, -0.2) is 12.1 Å². The molecular weight excluding hydrogens is 207 g/mol. The van der Waals surface area contributed by atoms with Gasteiger partial charge in [0.25, 0.3) is 0 Å². The Morgan fingerprint density at radius 1 is 1.25 bits per heavy atom. The summed E-state index contributed by atoms with van der Waals surface area (Å²) in [6.07, 6.45) is 1.14. The SMILES string of the molecule is COc1cc(-c2ccc(N)cc2)c(F)cn1. The smallest absolute Gasteiger partial charge is 0.213 e. The van der Waals surface area contributed by atoms with Crippen LogP contribution in [0.25, 0.3) is 11.1 Å². The van der Waals surface area contributed by atoms with Crippen molar-refractivity contribution in [1.82, 2.24) is 4.98 Å². The third-order valence-corrected chi connectivity index (χ3v) is 2.26. The van der Waals surface area contributed by atoms with Gasteiger partial charge in [0.05, 0.1) is 13.3 Å². The highest BCUT2D eigenvalue weighted by atomic mass is 19.1. The van der Waals surface area contributed by atoms with E-state index in [1.54, 1.807) is 30.3 Å². The largest absolute Gasteiger partial charge is 0.481 e. The minimum absolute atomic E-state index is 0.383. The molecule has 82 valence electrons. The molecule has 0 unspecified atom stereocenters. The predicted molar refractivity (Wildman–Crippen MR) is 60.6 cm³/mol. The highest BCUT2D eigenvalue weighted by molar-refractivity contribution is 5.66. The van der Waals surface area contributed by atoms with Gasteiger partial charge in [-0.25, -0.2) is 9.37 Å². The summed E-state index contributed by atoms with van der Waals surface area (Å²) in [6.45, 7) is 0. The highest BCUT2D eigenvalue weighted by Crippen LogP contribution is 2.25. The molecule has 1 aromatic heterocycles. The monoisotopic (exact) mass is 218 g/mol.